The summed E-state index contributed by atoms with van der Waals surface area (Å²) in [6, 6.07) is 10.5. The molecule has 2 aromatic carbocycles. The molecule has 1 N–H and O–H groups in total. The Labute approximate surface area is 173 Å². The SMILES string of the molecule is COc1ccc(NS(=O)(=O)c2cccc(Br)c2)cc1S(=O)(=O)N1CCCCC1. The van der Waals surface area contributed by atoms with Crippen molar-refractivity contribution in [2.24, 2.45) is 0 Å². The molecular weight excluding hydrogens is 468 g/mol. The summed E-state index contributed by atoms with van der Waals surface area (Å²) in [7, 11) is -6.28. The Morgan fingerprint density at radius 1 is 1.00 bits per heavy atom. The number of benzene rings is 2. The molecule has 1 aliphatic rings. The lowest BCUT2D eigenvalue weighted by Crippen LogP contribution is -2.35. The van der Waals surface area contributed by atoms with Gasteiger partial charge in [-0.2, -0.15) is 4.31 Å². The second-order valence-electron chi connectivity index (χ2n) is 6.39. The quantitative estimate of drug-likeness (QED) is 0.671. The average molecular weight is 489 g/mol. The fourth-order valence-electron chi connectivity index (χ4n) is 3.03. The van der Waals surface area contributed by atoms with E-state index >= 15 is 0 Å². The number of nitrogens with zero attached hydrogens (tertiary/aromatic N) is 1. The van der Waals surface area contributed by atoms with E-state index in [2.05, 4.69) is 20.7 Å². The number of hydrogen-bond acceptors (Lipinski definition) is 5. The van der Waals surface area contributed by atoms with Crippen molar-refractivity contribution in [1.82, 2.24) is 4.31 Å². The van der Waals surface area contributed by atoms with Crippen LogP contribution in [0, 0.1) is 0 Å². The van der Waals surface area contributed by atoms with Crippen LogP contribution < -0.4 is 9.46 Å². The van der Waals surface area contributed by atoms with Gasteiger partial charge >= 0.3 is 0 Å². The van der Waals surface area contributed by atoms with Crippen molar-refractivity contribution in [1.29, 1.82) is 0 Å². The van der Waals surface area contributed by atoms with Gasteiger partial charge in [0.25, 0.3) is 10.0 Å². The fraction of sp³-hybridized carbons (Fsp3) is 0.333. The van der Waals surface area contributed by atoms with Gasteiger partial charge in [-0.05, 0) is 49.2 Å². The van der Waals surface area contributed by atoms with E-state index in [4.69, 9.17) is 4.74 Å². The van der Waals surface area contributed by atoms with Gasteiger partial charge in [0, 0.05) is 17.6 Å². The van der Waals surface area contributed by atoms with E-state index < -0.39 is 20.0 Å². The molecule has 0 atom stereocenters. The van der Waals surface area contributed by atoms with Gasteiger partial charge in [0.2, 0.25) is 10.0 Å². The van der Waals surface area contributed by atoms with E-state index in [1.54, 1.807) is 12.1 Å². The summed E-state index contributed by atoms with van der Waals surface area (Å²) < 4.78 is 61.1. The van der Waals surface area contributed by atoms with Crippen molar-refractivity contribution < 1.29 is 21.6 Å². The predicted molar refractivity (Wildman–Crippen MR) is 111 cm³/mol. The zero-order chi connectivity index (χ0) is 20.4. The van der Waals surface area contributed by atoms with Gasteiger partial charge in [-0.25, -0.2) is 16.8 Å². The highest BCUT2D eigenvalue weighted by Crippen LogP contribution is 2.32. The third-order valence-electron chi connectivity index (χ3n) is 4.46. The molecule has 1 heterocycles. The molecular formula is C18H21BrN2O5S2. The Kier molecular flexibility index (Phi) is 6.33. The summed E-state index contributed by atoms with van der Waals surface area (Å²) in [6.45, 7) is 0.888. The van der Waals surface area contributed by atoms with E-state index in [1.807, 2.05) is 0 Å². The van der Waals surface area contributed by atoms with Crippen LogP contribution in [-0.4, -0.2) is 41.3 Å². The lowest BCUT2D eigenvalue weighted by atomic mass is 10.2. The molecule has 0 spiro atoms. The number of sulfonamides is 2. The largest absolute Gasteiger partial charge is 0.495 e. The number of nitrogens with one attached hydrogen (secondary N) is 1. The number of rotatable bonds is 6. The summed E-state index contributed by atoms with van der Waals surface area (Å²) in [4.78, 5) is 0.0180. The highest BCUT2D eigenvalue weighted by atomic mass is 79.9. The van der Waals surface area contributed by atoms with Crippen LogP contribution in [-0.2, 0) is 20.0 Å². The Morgan fingerprint density at radius 2 is 1.71 bits per heavy atom. The standard InChI is InChI=1S/C18H21BrN2O5S2/c1-26-17-9-8-15(20-27(22,23)16-7-5-6-14(19)12-16)13-18(17)28(24,25)21-10-3-2-4-11-21/h5-9,12-13,20H,2-4,10-11H2,1H3. The normalized spacial score (nSPS) is 15.9. The molecule has 3 rings (SSSR count). The van der Waals surface area contributed by atoms with Gasteiger partial charge < -0.3 is 4.74 Å². The topological polar surface area (TPSA) is 92.8 Å². The zero-order valence-corrected chi connectivity index (χ0v) is 18.5. The third kappa shape index (κ3) is 4.51. The van der Waals surface area contributed by atoms with Crippen LogP contribution in [0.2, 0.25) is 0 Å². The van der Waals surface area contributed by atoms with Crippen LogP contribution >= 0.6 is 15.9 Å². The van der Waals surface area contributed by atoms with Crippen LogP contribution in [0.1, 0.15) is 19.3 Å². The minimum absolute atomic E-state index is 0.0497. The molecule has 28 heavy (non-hydrogen) atoms. The first-order valence-corrected chi connectivity index (χ1v) is 12.4. The van der Waals surface area contributed by atoms with Gasteiger partial charge in [0.1, 0.15) is 10.6 Å². The molecule has 152 valence electrons. The Hall–Kier alpha value is -1.62. The molecule has 0 unspecified atom stereocenters. The van der Waals surface area contributed by atoms with Crippen LogP contribution in [0.15, 0.2) is 56.7 Å². The van der Waals surface area contributed by atoms with Crippen molar-refractivity contribution >= 4 is 41.7 Å². The van der Waals surface area contributed by atoms with E-state index in [1.165, 1.54) is 41.7 Å². The van der Waals surface area contributed by atoms with Gasteiger partial charge in [-0.15, -0.1) is 0 Å². The van der Waals surface area contributed by atoms with Crippen molar-refractivity contribution in [2.45, 2.75) is 29.1 Å². The highest BCUT2D eigenvalue weighted by Gasteiger charge is 2.29. The smallest absolute Gasteiger partial charge is 0.261 e. The number of anilines is 1. The number of methoxy groups -OCH3 is 1. The highest BCUT2D eigenvalue weighted by molar-refractivity contribution is 9.10. The van der Waals surface area contributed by atoms with Gasteiger partial charge in [-0.1, -0.05) is 28.4 Å². The number of hydrogen-bond donors (Lipinski definition) is 1. The monoisotopic (exact) mass is 488 g/mol. The first-order valence-electron chi connectivity index (χ1n) is 8.70. The minimum atomic E-state index is -3.87. The van der Waals surface area contributed by atoms with E-state index in [0.29, 0.717) is 17.6 Å². The van der Waals surface area contributed by atoms with Crippen molar-refractivity contribution in [2.75, 3.05) is 24.9 Å². The summed E-state index contributed by atoms with van der Waals surface area (Å²) in [6.07, 6.45) is 2.60. The molecule has 1 aliphatic heterocycles. The predicted octanol–water partition coefficient (Wildman–Crippen LogP) is 3.43. The second kappa shape index (κ2) is 8.40. The fourth-order valence-corrected chi connectivity index (χ4v) is 6.38. The summed E-state index contributed by atoms with van der Waals surface area (Å²) in [5.41, 5.74) is 0.149. The van der Waals surface area contributed by atoms with Crippen LogP contribution in [0.4, 0.5) is 5.69 Å². The average Bonchev–Trinajstić information content (AvgIpc) is 2.68. The van der Waals surface area contributed by atoms with Gasteiger partial charge in [-0.3, -0.25) is 4.72 Å². The number of halogens is 1. The molecule has 2 aromatic rings. The molecule has 0 amide bonds. The molecule has 0 saturated carbocycles. The van der Waals surface area contributed by atoms with Crippen LogP contribution in [0.25, 0.3) is 0 Å². The molecule has 0 aromatic heterocycles. The molecule has 1 fully saturated rings. The van der Waals surface area contributed by atoms with E-state index in [-0.39, 0.29) is 21.2 Å². The zero-order valence-electron chi connectivity index (χ0n) is 15.3. The van der Waals surface area contributed by atoms with Crippen molar-refractivity contribution in [3.8, 4) is 5.75 Å². The van der Waals surface area contributed by atoms with Crippen LogP contribution in [0.3, 0.4) is 0 Å². The molecule has 7 nitrogen and oxygen atoms in total. The lowest BCUT2D eigenvalue weighted by Gasteiger charge is -2.26. The van der Waals surface area contributed by atoms with E-state index in [9.17, 15) is 16.8 Å². The summed E-state index contributed by atoms with van der Waals surface area (Å²) >= 11 is 3.25. The van der Waals surface area contributed by atoms with Gasteiger partial charge in [0.05, 0.1) is 17.7 Å². The van der Waals surface area contributed by atoms with Gasteiger partial charge in [0.15, 0.2) is 0 Å². The summed E-state index contributed by atoms with van der Waals surface area (Å²) in [5.74, 6) is 0.177. The second-order valence-corrected chi connectivity index (χ2v) is 10.9. The lowest BCUT2D eigenvalue weighted by molar-refractivity contribution is 0.343. The Balaban J connectivity index is 1.97. The number of piperidine rings is 1. The molecule has 0 bridgehead atoms. The maximum atomic E-state index is 13.1. The first-order chi connectivity index (χ1) is 13.2. The Bertz CT molecular complexity index is 1070. The first kappa shape index (κ1) is 21.1. The Morgan fingerprint density at radius 3 is 2.36 bits per heavy atom. The maximum absolute atomic E-state index is 13.1. The molecule has 0 radical (unpaired) electrons. The van der Waals surface area contributed by atoms with Crippen molar-refractivity contribution in [3.05, 3.63) is 46.9 Å². The molecule has 0 aliphatic carbocycles. The molecule has 10 heteroatoms. The maximum Gasteiger partial charge on any atom is 0.261 e. The van der Waals surface area contributed by atoms with E-state index in [0.717, 1.165) is 19.3 Å². The molecule has 1 saturated heterocycles. The minimum Gasteiger partial charge on any atom is -0.495 e. The summed E-state index contributed by atoms with van der Waals surface area (Å²) in [5, 5.41) is 0. The van der Waals surface area contributed by atoms with Crippen LogP contribution in [0.5, 0.6) is 5.75 Å². The number of ether oxygens (including phenoxy) is 1. The van der Waals surface area contributed by atoms with Crippen molar-refractivity contribution in [3.63, 3.8) is 0 Å². The third-order valence-corrected chi connectivity index (χ3v) is 8.25.